The van der Waals surface area contributed by atoms with Gasteiger partial charge < -0.3 is 0 Å². The molecule has 25 heavy (non-hydrogen) atoms. The summed E-state index contributed by atoms with van der Waals surface area (Å²) in [5.74, 6) is 3.87. The van der Waals surface area contributed by atoms with Crippen LogP contribution in [0.5, 0.6) is 0 Å². The molecule has 0 unspecified atom stereocenters. The summed E-state index contributed by atoms with van der Waals surface area (Å²) in [6, 6.07) is 0. The lowest BCUT2D eigenvalue weighted by Crippen LogP contribution is -2.53. The molecule has 3 fully saturated rings. The van der Waals surface area contributed by atoms with E-state index in [2.05, 4.69) is 20.8 Å². The molecular weight excluding hydrogens is 308 g/mol. The molecule has 0 aliphatic heterocycles. The van der Waals surface area contributed by atoms with Crippen LogP contribution in [0.1, 0.15) is 79.1 Å². The Labute approximate surface area is 152 Å². The summed E-state index contributed by atoms with van der Waals surface area (Å²) in [6.07, 6.45) is 11.0. The highest BCUT2D eigenvalue weighted by molar-refractivity contribution is 5.91. The summed E-state index contributed by atoms with van der Waals surface area (Å²) in [6.45, 7) is 9.00. The van der Waals surface area contributed by atoms with Crippen LogP contribution < -0.4 is 0 Å². The first-order valence-electron chi connectivity index (χ1n) is 10.5. The molecule has 4 aliphatic carbocycles. The lowest BCUT2D eigenvalue weighted by Gasteiger charge is -2.60. The van der Waals surface area contributed by atoms with Crippen LogP contribution in [-0.2, 0) is 9.59 Å². The Morgan fingerprint density at radius 2 is 1.84 bits per heavy atom. The number of ketones is 2. The summed E-state index contributed by atoms with van der Waals surface area (Å²) < 4.78 is 0. The van der Waals surface area contributed by atoms with Crippen LogP contribution in [0.4, 0.5) is 0 Å². The van der Waals surface area contributed by atoms with Gasteiger partial charge in [0, 0.05) is 12.3 Å². The minimum Gasteiger partial charge on any atom is -0.300 e. The van der Waals surface area contributed by atoms with Crippen LogP contribution in [0, 0.1) is 40.4 Å². The number of carbonyl (C=O) groups is 2. The smallest absolute Gasteiger partial charge is 0.155 e. The SMILES string of the molecule is CC(=O)[C@H]1CC[C@H]2[C@@H]3CCC4=CC(=O)CC[C@]4(C(C)C)[C@H]3CC[C@]12C. The van der Waals surface area contributed by atoms with E-state index in [0.29, 0.717) is 23.4 Å². The number of carbonyl (C=O) groups excluding carboxylic acids is 2. The summed E-state index contributed by atoms with van der Waals surface area (Å²) >= 11 is 0. The Bertz CT molecular complexity index is 630. The molecule has 4 rings (SSSR count). The molecule has 2 heteroatoms. The van der Waals surface area contributed by atoms with E-state index < -0.39 is 0 Å². The van der Waals surface area contributed by atoms with Crippen molar-refractivity contribution in [3.8, 4) is 0 Å². The molecule has 0 N–H and O–H groups in total. The van der Waals surface area contributed by atoms with Crippen molar-refractivity contribution in [3.05, 3.63) is 11.6 Å². The molecule has 0 amide bonds. The predicted molar refractivity (Wildman–Crippen MR) is 100 cm³/mol. The molecule has 6 atom stereocenters. The molecule has 0 aromatic rings. The van der Waals surface area contributed by atoms with Gasteiger partial charge in [0.15, 0.2) is 5.78 Å². The monoisotopic (exact) mass is 342 g/mol. The number of hydrogen-bond acceptors (Lipinski definition) is 2. The van der Waals surface area contributed by atoms with Gasteiger partial charge in [0.1, 0.15) is 5.78 Å². The first-order chi connectivity index (χ1) is 11.8. The van der Waals surface area contributed by atoms with Crippen molar-refractivity contribution in [1.82, 2.24) is 0 Å². The molecule has 0 radical (unpaired) electrons. The van der Waals surface area contributed by atoms with Gasteiger partial charge in [-0.15, -0.1) is 0 Å². The first kappa shape index (κ1) is 17.5. The lowest BCUT2D eigenvalue weighted by atomic mass is 9.44. The molecule has 0 heterocycles. The summed E-state index contributed by atoms with van der Waals surface area (Å²) in [7, 11) is 0. The first-order valence-corrected chi connectivity index (χ1v) is 10.5. The number of rotatable bonds is 2. The molecule has 4 aliphatic rings. The molecule has 138 valence electrons. The van der Waals surface area contributed by atoms with E-state index in [0.717, 1.165) is 43.4 Å². The third-order valence-corrected chi connectivity index (χ3v) is 9.08. The topological polar surface area (TPSA) is 34.1 Å². The Balaban J connectivity index is 1.72. The Hall–Kier alpha value is -0.920. The maximum absolute atomic E-state index is 12.3. The van der Waals surface area contributed by atoms with Crippen molar-refractivity contribution in [2.45, 2.75) is 79.1 Å². The zero-order valence-corrected chi connectivity index (χ0v) is 16.4. The van der Waals surface area contributed by atoms with Gasteiger partial charge in [-0.2, -0.15) is 0 Å². The maximum Gasteiger partial charge on any atom is 0.155 e. The molecule has 0 aromatic heterocycles. The molecule has 0 bridgehead atoms. The third kappa shape index (κ3) is 2.28. The van der Waals surface area contributed by atoms with Crippen molar-refractivity contribution < 1.29 is 9.59 Å². The molecular formula is C23H34O2. The van der Waals surface area contributed by atoms with Gasteiger partial charge in [-0.25, -0.2) is 0 Å². The predicted octanol–water partition coefficient (Wildman–Crippen LogP) is 5.36. The van der Waals surface area contributed by atoms with Crippen LogP contribution >= 0.6 is 0 Å². The minimum absolute atomic E-state index is 0.233. The molecule has 2 nitrogen and oxygen atoms in total. The Morgan fingerprint density at radius 1 is 1.08 bits per heavy atom. The zero-order chi connectivity index (χ0) is 18.0. The van der Waals surface area contributed by atoms with E-state index in [1.165, 1.54) is 31.3 Å². The highest BCUT2D eigenvalue weighted by atomic mass is 16.1. The van der Waals surface area contributed by atoms with Crippen LogP contribution in [0.2, 0.25) is 0 Å². The number of fused-ring (bicyclic) bond motifs is 5. The van der Waals surface area contributed by atoms with Gasteiger partial charge in [-0.05, 0) is 92.4 Å². The van der Waals surface area contributed by atoms with Crippen LogP contribution in [0.25, 0.3) is 0 Å². The maximum atomic E-state index is 12.3. The second-order valence-corrected chi connectivity index (χ2v) is 10.0. The van der Waals surface area contributed by atoms with E-state index in [9.17, 15) is 9.59 Å². The minimum atomic E-state index is 0.233. The largest absolute Gasteiger partial charge is 0.300 e. The van der Waals surface area contributed by atoms with Crippen molar-refractivity contribution in [3.63, 3.8) is 0 Å². The van der Waals surface area contributed by atoms with Gasteiger partial charge in [-0.1, -0.05) is 26.3 Å². The summed E-state index contributed by atoms with van der Waals surface area (Å²) in [5, 5.41) is 0. The number of Topliss-reactive ketones (excluding diaryl/α,β-unsaturated/α-hetero) is 1. The number of allylic oxidation sites excluding steroid dienone is 1. The highest BCUT2D eigenvalue weighted by Crippen LogP contribution is 2.68. The fourth-order valence-corrected chi connectivity index (χ4v) is 8.03. The van der Waals surface area contributed by atoms with Crippen molar-refractivity contribution in [2.24, 2.45) is 40.4 Å². The third-order valence-electron chi connectivity index (χ3n) is 9.08. The van der Waals surface area contributed by atoms with Gasteiger partial charge in [-0.3, -0.25) is 9.59 Å². The van der Waals surface area contributed by atoms with Crippen LogP contribution in [0.3, 0.4) is 0 Å². The quantitative estimate of drug-likeness (QED) is 0.677. The molecule has 3 saturated carbocycles. The van der Waals surface area contributed by atoms with E-state index in [-0.39, 0.29) is 10.8 Å². The van der Waals surface area contributed by atoms with Crippen molar-refractivity contribution in [2.75, 3.05) is 0 Å². The molecule has 0 spiro atoms. The van der Waals surface area contributed by atoms with E-state index in [4.69, 9.17) is 0 Å². The summed E-state index contributed by atoms with van der Waals surface area (Å²) in [4.78, 5) is 24.3. The normalized spacial score (nSPS) is 46.3. The summed E-state index contributed by atoms with van der Waals surface area (Å²) in [5.41, 5.74) is 1.97. The van der Waals surface area contributed by atoms with Crippen LogP contribution in [-0.4, -0.2) is 11.6 Å². The average Bonchev–Trinajstić information content (AvgIpc) is 2.91. The van der Waals surface area contributed by atoms with Crippen molar-refractivity contribution in [1.29, 1.82) is 0 Å². The van der Waals surface area contributed by atoms with Crippen molar-refractivity contribution >= 4 is 11.6 Å². The van der Waals surface area contributed by atoms with E-state index >= 15 is 0 Å². The van der Waals surface area contributed by atoms with Gasteiger partial charge in [0.25, 0.3) is 0 Å². The van der Waals surface area contributed by atoms with E-state index in [1.807, 2.05) is 13.0 Å². The fraction of sp³-hybridized carbons (Fsp3) is 0.826. The lowest BCUT2D eigenvalue weighted by molar-refractivity contribution is -0.130. The fourth-order valence-electron chi connectivity index (χ4n) is 8.03. The second kappa shape index (κ2) is 5.79. The zero-order valence-electron chi connectivity index (χ0n) is 16.4. The van der Waals surface area contributed by atoms with Gasteiger partial charge in [0.2, 0.25) is 0 Å². The van der Waals surface area contributed by atoms with Crippen LogP contribution in [0.15, 0.2) is 11.6 Å². The Kier molecular flexibility index (Phi) is 4.05. The van der Waals surface area contributed by atoms with E-state index in [1.54, 1.807) is 0 Å². The Morgan fingerprint density at radius 3 is 2.52 bits per heavy atom. The van der Waals surface area contributed by atoms with Gasteiger partial charge >= 0.3 is 0 Å². The number of hydrogen-bond donors (Lipinski definition) is 0. The molecule has 0 saturated heterocycles. The van der Waals surface area contributed by atoms with Gasteiger partial charge in [0.05, 0.1) is 0 Å². The highest BCUT2D eigenvalue weighted by Gasteiger charge is 2.61. The average molecular weight is 343 g/mol. The molecule has 0 aromatic carbocycles. The second-order valence-electron chi connectivity index (χ2n) is 10.0. The standard InChI is InChI=1S/C23H34O2/c1-14(2)23-12-9-17(25)13-16(23)5-6-18-20-8-7-19(15(3)24)22(20,4)11-10-21(18)23/h13-14,18-21H,5-12H2,1-4H3/t18-,19+,20-,21-,22+,23+/m0/s1.